The van der Waals surface area contributed by atoms with E-state index in [1.807, 2.05) is 12.1 Å². The van der Waals surface area contributed by atoms with Crippen LogP contribution in [0.15, 0.2) is 45.6 Å². The Labute approximate surface area is 116 Å². The first-order chi connectivity index (χ1) is 8.16. The highest BCUT2D eigenvalue weighted by atomic mass is 79.9. The number of anilines is 1. The van der Waals surface area contributed by atoms with Gasteiger partial charge in [0.05, 0.1) is 10.2 Å². The Kier molecular flexibility index (Phi) is 4.12. The summed E-state index contributed by atoms with van der Waals surface area (Å²) in [6.07, 6.45) is 1.71. The molecule has 2 rings (SSSR count). The zero-order valence-corrected chi connectivity index (χ0v) is 11.9. The van der Waals surface area contributed by atoms with E-state index in [0.29, 0.717) is 11.0 Å². The normalized spacial score (nSPS) is 10.3. The molecule has 0 saturated heterocycles. The number of benzene rings is 1. The fourth-order valence-electron chi connectivity index (χ4n) is 1.36. The van der Waals surface area contributed by atoms with E-state index in [0.717, 1.165) is 15.9 Å². The molecule has 2 nitrogen and oxygen atoms in total. The molecule has 1 aromatic heterocycles. The third-order valence-corrected chi connectivity index (χ3v) is 3.47. The van der Waals surface area contributed by atoms with Gasteiger partial charge in [0.1, 0.15) is 10.4 Å². The fraction of sp³-hybridized carbons (Fsp3) is 0.0833. The first kappa shape index (κ1) is 12.5. The Hall–Kier alpha value is -0.940. The molecule has 1 aromatic carbocycles. The molecule has 1 heterocycles. The fourth-order valence-corrected chi connectivity index (χ4v) is 2.18. The summed E-state index contributed by atoms with van der Waals surface area (Å²) in [4.78, 5) is 4.11. The number of pyridine rings is 1. The molecule has 0 unspecified atom stereocenters. The number of halogens is 3. The van der Waals surface area contributed by atoms with Crippen LogP contribution in [0, 0.1) is 5.82 Å². The van der Waals surface area contributed by atoms with Gasteiger partial charge in [0.25, 0.3) is 0 Å². The lowest BCUT2D eigenvalue weighted by atomic mass is 10.2. The summed E-state index contributed by atoms with van der Waals surface area (Å²) in [5.41, 5.74) is 1.90. The van der Waals surface area contributed by atoms with Crippen molar-refractivity contribution in [3.63, 3.8) is 0 Å². The predicted octanol–water partition coefficient (Wildman–Crippen LogP) is 4.36. The van der Waals surface area contributed by atoms with E-state index in [-0.39, 0.29) is 5.82 Å². The molecule has 0 atom stereocenters. The average Bonchev–Trinajstić information content (AvgIpc) is 2.32. The third kappa shape index (κ3) is 3.26. The summed E-state index contributed by atoms with van der Waals surface area (Å²) in [6, 6.07) is 8.73. The lowest BCUT2D eigenvalue weighted by Crippen LogP contribution is -2.00. The van der Waals surface area contributed by atoms with Gasteiger partial charge < -0.3 is 5.32 Å². The summed E-state index contributed by atoms with van der Waals surface area (Å²) in [6.45, 7) is 0.614. The van der Waals surface area contributed by atoms with Crippen molar-refractivity contribution in [1.82, 2.24) is 4.98 Å². The van der Waals surface area contributed by atoms with E-state index in [1.165, 1.54) is 6.07 Å². The molecule has 2 aromatic rings. The molecule has 0 aliphatic carbocycles. The van der Waals surface area contributed by atoms with Gasteiger partial charge >= 0.3 is 0 Å². The van der Waals surface area contributed by atoms with E-state index in [4.69, 9.17) is 0 Å². The van der Waals surface area contributed by atoms with Gasteiger partial charge in [-0.1, -0.05) is 6.07 Å². The van der Waals surface area contributed by atoms with Crippen LogP contribution in [0.2, 0.25) is 0 Å². The Morgan fingerprint density at radius 1 is 1.24 bits per heavy atom. The van der Waals surface area contributed by atoms with Gasteiger partial charge in [-0.3, -0.25) is 0 Å². The largest absolute Gasteiger partial charge is 0.379 e. The van der Waals surface area contributed by atoms with Crippen molar-refractivity contribution in [3.05, 3.63) is 57.0 Å². The van der Waals surface area contributed by atoms with Crippen LogP contribution in [0.1, 0.15) is 5.56 Å². The van der Waals surface area contributed by atoms with Gasteiger partial charge in [0.15, 0.2) is 0 Å². The van der Waals surface area contributed by atoms with E-state index < -0.39 is 0 Å². The van der Waals surface area contributed by atoms with Crippen LogP contribution in [0.25, 0.3) is 0 Å². The highest BCUT2D eigenvalue weighted by Crippen LogP contribution is 2.21. The molecule has 5 heteroatoms. The van der Waals surface area contributed by atoms with Crippen molar-refractivity contribution < 1.29 is 4.39 Å². The second kappa shape index (κ2) is 5.60. The highest BCUT2D eigenvalue weighted by Gasteiger charge is 2.02. The lowest BCUT2D eigenvalue weighted by molar-refractivity contribution is 0.620. The minimum Gasteiger partial charge on any atom is -0.379 e. The van der Waals surface area contributed by atoms with Gasteiger partial charge in [-0.25, -0.2) is 9.37 Å². The van der Waals surface area contributed by atoms with Crippen LogP contribution >= 0.6 is 31.9 Å². The van der Waals surface area contributed by atoms with Gasteiger partial charge in [-0.2, -0.15) is 0 Å². The molecule has 17 heavy (non-hydrogen) atoms. The van der Waals surface area contributed by atoms with E-state index in [1.54, 1.807) is 18.3 Å². The quantitative estimate of drug-likeness (QED) is 0.823. The van der Waals surface area contributed by atoms with E-state index >= 15 is 0 Å². The van der Waals surface area contributed by atoms with Gasteiger partial charge in [0, 0.05) is 12.7 Å². The summed E-state index contributed by atoms with van der Waals surface area (Å²) in [5.74, 6) is -0.253. The molecule has 0 fully saturated rings. The number of aromatic nitrogens is 1. The Morgan fingerprint density at radius 2 is 2.06 bits per heavy atom. The maximum absolute atomic E-state index is 13.0. The lowest BCUT2D eigenvalue weighted by Gasteiger charge is -2.08. The van der Waals surface area contributed by atoms with Crippen LogP contribution in [0.3, 0.4) is 0 Å². The van der Waals surface area contributed by atoms with Crippen LogP contribution in [-0.2, 0) is 6.54 Å². The molecule has 0 spiro atoms. The topological polar surface area (TPSA) is 24.9 Å². The standard InChI is InChI=1S/C12H9Br2FN2/c13-9-6-8(3-4-10(9)15)7-17-11-2-1-5-16-12(11)14/h1-6,17H,7H2. The number of nitrogens with zero attached hydrogens (tertiary/aromatic N) is 1. The zero-order valence-electron chi connectivity index (χ0n) is 8.75. The first-order valence-corrected chi connectivity index (χ1v) is 6.54. The maximum Gasteiger partial charge on any atom is 0.137 e. The summed E-state index contributed by atoms with van der Waals surface area (Å²) >= 11 is 6.52. The molecule has 1 N–H and O–H groups in total. The third-order valence-electron chi connectivity index (χ3n) is 2.23. The SMILES string of the molecule is Fc1ccc(CNc2cccnc2Br)cc1Br. The van der Waals surface area contributed by atoms with Crippen molar-refractivity contribution in [2.24, 2.45) is 0 Å². The minimum absolute atomic E-state index is 0.253. The Bertz CT molecular complexity index is 532. The Morgan fingerprint density at radius 3 is 2.76 bits per heavy atom. The summed E-state index contributed by atoms with van der Waals surface area (Å²) < 4.78 is 14.3. The van der Waals surface area contributed by atoms with Crippen molar-refractivity contribution >= 4 is 37.5 Å². The summed E-state index contributed by atoms with van der Waals surface area (Å²) in [5, 5.41) is 3.22. The number of hydrogen-bond acceptors (Lipinski definition) is 2. The molecule has 0 aliphatic heterocycles. The van der Waals surface area contributed by atoms with E-state index in [9.17, 15) is 4.39 Å². The molecule has 0 saturated carbocycles. The molecular weight excluding hydrogens is 351 g/mol. The second-order valence-corrected chi connectivity index (χ2v) is 5.05. The molecule has 0 bridgehead atoms. The van der Waals surface area contributed by atoms with Gasteiger partial charge in [0.2, 0.25) is 0 Å². The van der Waals surface area contributed by atoms with Crippen molar-refractivity contribution in [2.45, 2.75) is 6.54 Å². The van der Waals surface area contributed by atoms with Gasteiger partial charge in [-0.05, 0) is 61.7 Å². The zero-order chi connectivity index (χ0) is 12.3. The van der Waals surface area contributed by atoms with Crippen LogP contribution in [0.5, 0.6) is 0 Å². The molecular formula is C12H9Br2FN2. The van der Waals surface area contributed by atoms with Gasteiger partial charge in [-0.15, -0.1) is 0 Å². The smallest absolute Gasteiger partial charge is 0.137 e. The summed E-state index contributed by atoms with van der Waals surface area (Å²) in [7, 11) is 0. The van der Waals surface area contributed by atoms with Crippen molar-refractivity contribution in [3.8, 4) is 0 Å². The van der Waals surface area contributed by atoms with E-state index in [2.05, 4.69) is 42.2 Å². The van der Waals surface area contributed by atoms with Crippen LogP contribution in [-0.4, -0.2) is 4.98 Å². The highest BCUT2D eigenvalue weighted by molar-refractivity contribution is 9.10. The first-order valence-electron chi connectivity index (χ1n) is 4.95. The van der Waals surface area contributed by atoms with Crippen LogP contribution in [0.4, 0.5) is 10.1 Å². The second-order valence-electron chi connectivity index (χ2n) is 3.44. The molecule has 0 amide bonds. The van der Waals surface area contributed by atoms with Crippen LogP contribution < -0.4 is 5.32 Å². The Balaban J connectivity index is 2.08. The maximum atomic E-state index is 13.0. The molecule has 0 aliphatic rings. The predicted molar refractivity (Wildman–Crippen MR) is 73.4 cm³/mol. The average molecular weight is 360 g/mol. The molecule has 0 radical (unpaired) electrons. The van der Waals surface area contributed by atoms with Crippen molar-refractivity contribution in [1.29, 1.82) is 0 Å². The number of nitrogens with one attached hydrogen (secondary N) is 1. The molecule has 88 valence electrons. The number of hydrogen-bond donors (Lipinski definition) is 1. The monoisotopic (exact) mass is 358 g/mol. The number of rotatable bonds is 3. The minimum atomic E-state index is -0.253. The van der Waals surface area contributed by atoms with Crippen molar-refractivity contribution in [2.75, 3.05) is 5.32 Å².